The van der Waals surface area contributed by atoms with Crippen LogP contribution in [-0.4, -0.2) is 41.5 Å². The quantitative estimate of drug-likeness (QED) is 0.633. The van der Waals surface area contributed by atoms with Gasteiger partial charge in [-0.15, -0.1) is 11.3 Å². The van der Waals surface area contributed by atoms with Crippen molar-refractivity contribution in [3.05, 3.63) is 22.2 Å². The van der Waals surface area contributed by atoms with Crippen LogP contribution in [0.5, 0.6) is 0 Å². The fourth-order valence-corrected chi connectivity index (χ4v) is 3.07. The van der Waals surface area contributed by atoms with Crippen LogP contribution >= 0.6 is 11.3 Å². The van der Waals surface area contributed by atoms with Crippen LogP contribution in [0.15, 0.2) is 11.5 Å². The summed E-state index contributed by atoms with van der Waals surface area (Å²) in [5.41, 5.74) is 0.798. The molecular formula is C15H20N2O3S. The Hall–Kier alpha value is -1.69. The molecule has 1 unspecified atom stereocenters. The number of hydrogen-bond acceptors (Lipinski definition) is 5. The Morgan fingerprint density at radius 3 is 3.00 bits per heavy atom. The number of carbonyl (C=O) groups excluding carboxylic acids is 2. The maximum Gasteiger partial charge on any atom is 0.307 e. The van der Waals surface area contributed by atoms with E-state index >= 15 is 0 Å². The number of aromatic nitrogens is 1. The van der Waals surface area contributed by atoms with Crippen LogP contribution < -0.4 is 0 Å². The first kappa shape index (κ1) is 15.7. The van der Waals surface area contributed by atoms with Gasteiger partial charge in [-0.2, -0.15) is 0 Å². The zero-order chi connectivity index (χ0) is 15.2. The molecule has 2 heterocycles. The highest BCUT2D eigenvalue weighted by molar-refractivity contribution is 7.09. The minimum Gasteiger partial charge on any atom is -0.469 e. The molecule has 0 aromatic carbocycles. The number of hydrogen-bond donors (Lipinski definition) is 0. The molecule has 21 heavy (non-hydrogen) atoms. The molecule has 1 saturated heterocycles. The molecule has 1 fully saturated rings. The van der Waals surface area contributed by atoms with Gasteiger partial charge in [0, 0.05) is 24.0 Å². The summed E-state index contributed by atoms with van der Waals surface area (Å²) in [7, 11) is 1.38. The molecule has 0 bridgehead atoms. The molecule has 1 aliphatic rings. The monoisotopic (exact) mass is 308 g/mol. The molecule has 6 heteroatoms. The number of amides is 1. The third-order valence-electron chi connectivity index (χ3n) is 3.57. The zero-order valence-electron chi connectivity index (χ0n) is 12.4. The van der Waals surface area contributed by atoms with Crippen molar-refractivity contribution in [1.29, 1.82) is 0 Å². The first-order chi connectivity index (χ1) is 10.1. The van der Waals surface area contributed by atoms with Gasteiger partial charge in [-0.1, -0.05) is 0 Å². The Morgan fingerprint density at radius 1 is 1.52 bits per heavy atom. The third kappa shape index (κ3) is 4.39. The van der Waals surface area contributed by atoms with Crippen LogP contribution in [0.1, 0.15) is 36.4 Å². The Morgan fingerprint density at radius 2 is 2.33 bits per heavy atom. The Bertz CT molecular complexity index is 539. The smallest absolute Gasteiger partial charge is 0.307 e. The lowest BCUT2D eigenvalue weighted by atomic mass is 9.99. The van der Waals surface area contributed by atoms with Crippen LogP contribution in [0, 0.1) is 6.92 Å². The van der Waals surface area contributed by atoms with E-state index in [1.807, 2.05) is 12.3 Å². The van der Waals surface area contributed by atoms with E-state index in [-0.39, 0.29) is 24.3 Å². The van der Waals surface area contributed by atoms with Crippen LogP contribution in [0.2, 0.25) is 0 Å². The van der Waals surface area contributed by atoms with Crippen LogP contribution in [-0.2, 0) is 14.3 Å². The van der Waals surface area contributed by atoms with E-state index in [1.165, 1.54) is 7.11 Å². The van der Waals surface area contributed by atoms with Gasteiger partial charge >= 0.3 is 5.97 Å². The molecular weight excluding hydrogens is 288 g/mol. The van der Waals surface area contributed by atoms with Crippen molar-refractivity contribution in [2.24, 2.45) is 0 Å². The molecule has 1 atom stereocenters. The summed E-state index contributed by atoms with van der Waals surface area (Å²) in [6.45, 7) is 2.63. The first-order valence-corrected chi connectivity index (χ1v) is 7.95. The SMILES string of the molecule is COC(=O)CC1CCCCN1C(=O)/C=C/c1csc(C)n1. The molecule has 114 valence electrons. The van der Waals surface area contributed by atoms with Gasteiger partial charge < -0.3 is 9.64 Å². The minimum absolute atomic E-state index is 0.0551. The van der Waals surface area contributed by atoms with Gasteiger partial charge in [0.1, 0.15) is 0 Å². The van der Waals surface area contributed by atoms with Crippen molar-refractivity contribution in [1.82, 2.24) is 9.88 Å². The molecule has 2 rings (SSSR count). The summed E-state index contributed by atoms with van der Waals surface area (Å²) in [6.07, 6.45) is 6.42. The van der Waals surface area contributed by atoms with Gasteiger partial charge in [0.15, 0.2) is 0 Å². The second-order valence-electron chi connectivity index (χ2n) is 5.09. The van der Waals surface area contributed by atoms with Gasteiger partial charge in [-0.25, -0.2) is 4.98 Å². The molecule has 5 nitrogen and oxygen atoms in total. The predicted molar refractivity (Wildman–Crippen MR) is 81.9 cm³/mol. The maximum absolute atomic E-state index is 12.3. The normalized spacial score (nSPS) is 19.0. The highest BCUT2D eigenvalue weighted by Gasteiger charge is 2.27. The Balaban J connectivity index is 2.01. The van der Waals surface area contributed by atoms with Crippen LogP contribution in [0.25, 0.3) is 6.08 Å². The largest absolute Gasteiger partial charge is 0.469 e. The van der Waals surface area contributed by atoms with Crippen molar-refractivity contribution in [3.8, 4) is 0 Å². The topological polar surface area (TPSA) is 59.5 Å². The average Bonchev–Trinajstić information content (AvgIpc) is 2.91. The Kier molecular flexibility index (Phi) is 5.50. The molecule has 1 aromatic heterocycles. The first-order valence-electron chi connectivity index (χ1n) is 7.08. The Labute approximate surface area is 128 Å². The second-order valence-corrected chi connectivity index (χ2v) is 6.15. The lowest BCUT2D eigenvalue weighted by molar-refractivity contribution is -0.143. The zero-order valence-corrected chi connectivity index (χ0v) is 13.2. The number of rotatable bonds is 4. The van der Waals surface area contributed by atoms with Crippen LogP contribution in [0.3, 0.4) is 0 Å². The van der Waals surface area contributed by atoms with E-state index in [2.05, 4.69) is 4.98 Å². The van der Waals surface area contributed by atoms with E-state index in [4.69, 9.17) is 4.74 Å². The fraction of sp³-hybridized carbons (Fsp3) is 0.533. The minimum atomic E-state index is -0.265. The van der Waals surface area contributed by atoms with Crippen molar-refractivity contribution < 1.29 is 14.3 Å². The number of piperidine rings is 1. The average molecular weight is 308 g/mol. The van der Waals surface area contributed by atoms with E-state index in [1.54, 1.807) is 28.4 Å². The third-order valence-corrected chi connectivity index (χ3v) is 4.37. The van der Waals surface area contributed by atoms with Crippen molar-refractivity contribution >= 4 is 29.3 Å². The molecule has 0 radical (unpaired) electrons. The van der Waals surface area contributed by atoms with Gasteiger partial charge in [0.2, 0.25) is 5.91 Å². The van der Waals surface area contributed by atoms with E-state index in [0.717, 1.165) is 30.0 Å². The number of esters is 1. The summed E-state index contributed by atoms with van der Waals surface area (Å²) in [6, 6.07) is -0.0551. The molecule has 1 amide bonds. The molecule has 0 aliphatic carbocycles. The number of aryl methyl sites for hydroxylation is 1. The van der Waals surface area contributed by atoms with Gasteiger partial charge in [0.05, 0.1) is 24.2 Å². The van der Waals surface area contributed by atoms with Crippen molar-refractivity contribution in [3.63, 3.8) is 0 Å². The van der Waals surface area contributed by atoms with E-state index in [9.17, 15) is 9.59 Å². The summed E-state index contributed by atoms with van der Waals surface area (Å²) in [4.78, 5) is 29.8. The molecule has 0 saturated carbocycles. The number of thiazole rings is 1. The lowest BCUT2D eigenvalue weighted by Gasteiger charge is -2.34. The van der Waals surface area contributed by atoms with Crippen LogP contribution in [0.4, 0.5) is 0 Å². The highest BCUT2D eigenvalue weighted by atomic mass is 32.1. The number of likely N-dealkylation sites (tertiary alicyclic amines) is 1. The molecule has 0 spiro atoms. The van der Waals surface area contributed by atoms with E-state index < -0.39 is 0 Å². The highest BCUT2D eigenvalue weighted by Crippen LogP contribution is 2.21. The summed E-state index contributed by atoms with van der Waals surface area (Å²) < 4.78 is 4.71. The lowest BCUT2D eigenvalue weighted by Crippen LogP contribution is -2.44. The fourth-order valence-electron chi connectivity index (χ4n) is 2.49. The summed E-state index contributed by atoms with van der Waals surface area (Å²) >= 11 is 1.56. The summed E-state index contributed by atoms with van der Waals surface area (Å²) in [5.74, 6) is -0.326. The van der Waals surface area contributed by atoms with Crippen molar-refractivity contribution in [2.45, 2.75) is 38.6 Å². The number of nitrogens with zero attached hydrogens (tertiary/aromatic N) is 2. The standard InChI is InChI=1S/C15H20N2O3S/c1-11-16-12(10-21-11)6-7-14(18)17-8-4-3-5-13(17)9-15(19)20-2/h6-7,10,13H,3-5,8-9H2,1-2H3/b7-6+. The maximum atomic E-state index is 12.3. The van der Waals surface area contributed by atoms with E-state index in [0.29, 0.717) is 6.54 Å². The summed E-state index contributed by atoms with van der Waals surface area (Å²) in [5, 5.41) is 2.89. The number of carbonyl (C=O) groups is 2. The predicted octanol–water partition coefficient (Wildman–Crippen LogP) is 2.41. The van der Waals surface area contributed by atoms with Gasteiger partial charge in [-0.05, 0) is 32.3 Å². The van der Waals surface area contributed by atoms with Gasteiger partial charge in [-0.3, -0.25) is 9.59 Å². The molecule has 1 aromatic rings. The molecule has 1 aliphatic heterocycles. The number of methoxy groups -OCH3 is 1. The van der Waals surface area contributed by atoms with Crippen molar-refractivity contribution in [2.75, 3.05) is 13.7 Å². The van der Waals surface area contributed by atoms with Gasteiger partial charge in [0.25, 0.3) is 0 Å². The molecule has 0 N–H and O–H groups in total. The second kappa shape index (κ2) is 7.36. The number of ether oxygens (including phenoxy) is 1.